The zero-order valence-electron chi connectivity index (χ0n) is 10.4. The largest absolute Gasteiger partial charge is 0.548 e. The number of rotatable bonds is 2. The molecule has 1 fully saturated rings. The molecule has 1 heterocycles. The Morgan fingerprint density at radius 1 is 1.29 bits per heavy atom. The van der Waals surface area contributed by atoms with Crippen molar-refractivity contribution < 1.29 is 24.2 Å². The fourth-order valence-corrected chi connectivity index (χ4v) is 1.60. The third-order valence-corrected chi connectivity index (χ3v) is 2.48. The van der Waals surface area contributed by atoms with Gasteiger partial charge in [-0.1, -0.05) is 0 Å². The number of amides is 1. The van der Waals surface area contributed by atoms with E-state index in [2.05, 4.69) is 5.32 Å². The van der Waals surface area contributed by atoms with E-state index in [4.69, 9.17) is 9.47 Å². The van der Waals surface area contributed by atoms with Gasteiger partial charge in [0.15, 0.2) is 0 Å². The fourth-order valence-electron chi connectivity index (χ4n) is 1.60. The molecule has 1 aliphatic rings. The molecule has 1 rings (SSSR count). The van der Waals surface area contributed by atoms with Crippen LogP contribution in [0.15, 0.2) is 0 Å². The van der Waals surface area contributed by atoms with Gasteiger partial charge >= 0.3 is 6.09 Å². The van der Waals surface area contributed by atoms with E-state index in [0.717, 1.165) is 0 Å². The number of hydrogen-bond donors (Lipinski definition) is 1. The fraction of sp³-hybridized carbons (Fsp3) is 0.818. The summed E-state index contributed by atoms with van der Waals surface area (Å²) in [6, 6.07) is 0. The van der Waals surface area contributed by atoms with E-state index in [9.17, 15) is 14.7 Å². The second-order valence-electron chi connectivity index (χ2n) is 5.11. The summed E-state index contributed by atoms with van der Waals surface area (Å²) in [5.41, 5.74) is -2.04. The van der Waals surface area contributed by atoms with E-state index in [1.165, 1.54) is 0 Å². The second-order valence-corrected chi connectivity index (χ2v) is 5.11. The van der Waals surface area contributed by atoms with Crippen LogP contribution >= 0.6 is 0 Å². The van der Waals surface area contributed by atoms with Gasteiger partial charge in [-0.15, -0.1) is 0 Å². The van der Waals surface area contributed by atoms with E-state index in [1.807, 2.05) is 0 Å². The second kappa shape index (κ2) is 4.91. The lowest BCUT2D eigenvalue weighted by Crippen LogP contribution is -2.62. The van der Waals surface area contributed by atoms with Crippen LogP contribution in [0.3, 0.4) is 0 Å². The first kappa shape index (κ1) is 13.8. The summed E-state index contributed by atoms with van der Waals surface area (Å²) >= 11 is 0. The molecular formula is C11H18NO5-. The molecule has 1 saturated heterocycles. The molecule has 1 aliphatic heterocycles. The molecule has 0 unspecified atom stereocenters. The van der Waals surface area contributed by atoms with Gasteiger partial charge in [0.1, 0.15) is 5.60 Å². The minimum absolute atomic E-state index is 0.189. The van der Waals surface area contributed by atoms with Crippen LogP contribution in [0.4, 0.5) is 4.79 Å². The lowest BCUT2D eigenvalue weighted by Gasteiger charge is -2.38. The number of carboxylic acid groups (broad SMARTS) is 1. The standard InChI is InChI=1S/C11H19NO5/c1-10(2,3)17-9(15)12-11(8(13)14)4-6-16-7-5-11/h4-7H2,1-3H3,(H,12,15)(H,13,14)/p-1. The van der Waals surface area contributed by atoms with Crippen LogP contribution in [-0.4, -0.2) is 36.4 Å². The number of carbonyl (C=O) groups excluding carboxylic acids is 2. The number of carbonyl (C=O) groups is 2. The van der Waals surface area contributed by atoms with Gasteiger partial charge in [0.05, 0.1) is 11.5 Å². The van der Waals surface area contributed by atoms with Gasteiger partial charge in [-0.3, -0.25) is 0 Å². The zero-order valence-corrected chi connectivity index (χ0v) is 10.4. The van der Waals surface area contributed by atoms with Crippen LogP contribution < -0.4 is 10.4 Å². The number of hydrogen-bond acceptors (Lipinski definition) is 5. The summed E-state index contributed by atoms with van der Waals surface area (Å²) in [5, 5.41) is 13.5. The summed E-state index contributed by atoms with van der Waals surface area (Å²) in [6.45, 7) is 5.69. The average molecular weight is 244 g/mol. The normalized spacial score (nSPS) is 19.5. The molecule has 6 heteroatoms. The zero-order chi connectivity index (χ0) is 13.1. The summed E-state index contributed by atoms with van der Waals surface area (Å²) in [7, 11) is 0. The van der Waals surface area contributed by atoms with Crippen molar-refractivity contribution in [3.8, 4) is 0 Å². The maximum atomic E-state index is 11.6. The Morgan fingerprint density at radius 2 is 1.82 bits per heavy atom. The monoisotopic (exact) mass is 244 g/mol. The average Bonchev–Trinajstić information content (AvgIpc) is 2.15. The van der Waals surface area contributed by atoms with Crippen molar-refractivity contribution in [1.29, 1.82) is 0 Å². The number of ether oxygens (including phenoxy) is 2. The molecule has 17 heavy (non-hydrogen) atoms. The third kappa shape index (κ3) is 3.89. The van der Waals surface area contributed by atoms with E-state index in [-0.39, 0.29) is 26.1 Å². The highest BCUT2D eigenvalue weighted by atomic mass is 16.6. The minimum atomic E-state index is -1.37. The van der Waals surface area contributed by atoms with Crippen molar-refractivity contribution >= 4 is 12.1 Å². The molecule has 6 nitrogen and oxygen atoms in total. The lowest BCUT2D eigenvalue weighted by atomic mass is 9.90. The maximum absolute atomic E-state index is 11.6. The van der Waals surface area contributed by atoms with Crippen molar-refractivity contribution in [3.05, 3.63) is 0 Å². The summed E-state index contributed by atoms with van der Waals surface area (Å²) in [5.74, 6) is -1.30. The molecule has 0 saturated carbocycles. The molecule has 0 spiro atoms. The Morgan fingerprint density at radius 3 is 2.24 bits per heavy atom. The van der Waals surface area contributed by atoms with Crippen molar-refractivity contribution in [3.63, 3.8) is 0 Å². The van der Waals surface area contributed by atoms with Crippen LogP contribution in [0.5, 0.6) is 0 Å². The molecule has 0 radical (unpaired) electrons. The Hall–Kier alpha value is -1.30. The predicted molar refractivity (Wildman–Crippen MR) is 57.2 cm³/mol. The van der Waals surface area contributed by atoms with E-state index < -0.39 is 23.2 Å². The van der Waals surface area contributed by atoms with Crippen molar-refractivity contribution in [2.24, 2.45) is 0 Å². The molecule has 98 valence electrons. The summed E-state index contributed by atoms with van der Waals surface area (Å²) in [6.07, 6.45) is -0.369. The number of alkyl carbamates (subject to hydrolysis) is 1. The molecule has 1 amide bonds. The molecule has 0 aromatic heterocycles. The molecular weight excluding hydrogens is 226 g/mol. The topological polar surface area (TPSA) is 87.7 Å². The van der Waals surface area contributed by atoms with Crippen molar-refractivity contribution in [2.75, 3.05) is 13.2 Å². The Balaban J connectivity index is 2.67. The van der Waals surface area contributed by atoms with Crippen molar-refractivity contribution in [2.45, 2.75) is 44.8 Å². The number of nitrogens with one attached hydrogen (secondary N) is 1. The molecule has 1 N–H and O–H groups in total. The van der Waals surface area contributed by atoms with Crippen molar-refractivity contribution in [1.82, 2.24) is 5.32 Å². The van der Waals surface area contributed by atoms with Gasteiger partial charge in [0.25, 0.3) is 0 Å². The quantitative estimate of drug-likeness (QED) is 0.727. The molecule has 0 aromatic rings. The van der Waals surface area contributed by atoms with Crippen LogP contribution in [0.2, 0.25) is 0 Å². The van der Waals surface area contributed by atoms with Gasteiger partial charge in [-0.2, -0.15) is 0 Å². The molecule has 0 bridgehead atoms. The first-order valence-corrected chi connectivity index (χ1v) is 5.56. The van der Waals surface area contributed by atoms with Gasteiger partial charge in [-0.25, -0.2) is 4.79 Å². The van der Waals surface area contributed by atoms with Gasteiger partial charge in [-0.05, 0) is 33.6 Å². The highest BCUT2D eigenvalue weighted by Crippen LogP contribution is 2.21. The van der Waals surface area contributed by atoms with E-state index in [1.54, 1.807) is 20.8 Å². The number of carboxylic acids is 1. The van der Waals surface area contributed by atoms with Gasteiger partial charge < -0.3 is 24.7 Å². The Kier molecular flexibility index (Phi) is 3.98. The van der Waals surface area contributed by atoms with E-state index in [0.29, 0.717) is 0 Å². The molecule has 0 aromatic carbocycles. The third-order valence-electron chi connectivity index (χ3n) is 2.48. The first-order valence-electron chi connectivity index (χ1n) is 5.56. The lowest BCUT2D eigenvalue weighted by molar-refractivity contribution is -0.316. The summed E-state index contributed by atoms with van der Waals surface area (Å²) < 4.78 is 10.1. The minimum Gasteiger partial charge on any atom is -0.548 e. The van der Waals surface area contributed by atoms with E-state index >= 15 is 0 Å². The molecule has 0 atom stereocenters. The smallest absolute Gasteiger partial charge is 0.408 e. The van der Waals surface area contributed by atoms with Crippen LogP contribution in [0, 0.1) is 0 Å². The SMILES string of the molecule is CC(C)(C)OC(=O)NC1(C(=O)[O-])CCOCC1. The maximum Gasteiger partial charge on any atom is 0.408 e. The molecule has 0 aliphatic carbocycles. The Bertz CT molecular complexity index is 301. The van der Waals surface area contributed by atoms with Crippen LogP contribution in [0.25, 0.3) is 0 Å². The predicted octanol–water partition coefficient (Wildman–Crippen LogP) is -0.190. The number of aliphatic carboxylic acids is 1. The first-order chi connectivity index (χ1) is 7.75. The van der Waals surface area contributed by atoms with Crippen LogP contribution in [0.1, 0.15) is 33.6 Å². The van der Waals surface area contributed by atoms with Crippen LogP contribution in [-0.2, 0) is 14.3 Å². The van der Waals surface area contributed by atoms with Gasteiger partial charge in [0, 0.05) is 13.2 Å². The van der Waals surface area contributed by atoms with Gasteiger partial charge in [0.2, 0.25) is 0 Å². The highest BCUT2D eigenvalue weighted by Gasteiger charge is 2.37. The Labute approximate surface area is 100 Å². The summed E-state index contributed by atoms with van der Waals surface area (Å²) in [4.78, 5) is 22.7. The highest BCUT2D eigenvalue weighted by molar-refractivity contribution is 5.83.